The summed E-state index contributed by atoms with van der Waals surface area (Å²) in [7, 11) is 1.54. The first kappa shape index (κ1) is 14.7. The van der Waals surface area contributed by atoms with E-state index in [0.29, 0.717) is 17.1 Å². The standard InChI is InChI=1S/C11H14F3N3S/c1-7-3-4-8(9(15)18)10(16-7)17(2)6-5-11(12,13)14/h3-4H,5-6H2,1-2H3,(H2,15,18). The van der Waals surface area contributed by atoms with Crippen LogP contribution in [0.2, 0.25) is 0 Å². The van der Waals surface area contributed by atoms with E-state index in [1.807, 2.05) is 0 Å². The first-order valence-electron chi connectivity index (χ1n) is 5.26. The molecule has 100 valence electrons. The van der Waals surface area contributed by atoms with Crippen LogP contribution in [0, 0.1) is 6.92 Å². The van der Waals surface area contributed by atoms with Crippen LogP contribution in [0.1, 0.15) is 17.7 Å². The minimum Gasteiger partial charge on any atom is -0.389 e. The van der Waals surface area contributed by atoms with Gasteiger partial charge in [0.25, 0.3) is 0 Å². The molecule has 3 nitrogen and oxygen atoms in total. The van der Waals surface area contributed by atoms with Gasteiger partial charge in [0.15, 0.2) is 0 Å². The molecule has 0 unspecified atom stereocenters. The molecule has 7 heteroatoms. The van der Waals surface area contributed by atoms with Crippen LogP contribution in [-0.4, -0.2) is 29.7 Å². The van der Waals surface area contributed by atoms with E-state index >= 15 is 0 Å². The van der Waals surface area contributed by atoms with E-state index in [1.54, 1.807) is 19.1 Å². The van der Waals surface area contributed by atoms with Crippen molar-refractivity contribution in [1.82, 2.24) is 4.98 Å². The van der Waals surface area contributed by atoms with Gasteiger partial charge in [0.05, 0.1) is 12.0 Å². The minimum atomic E-state index is -4.19. The number of aromatic nitrogens is 1. The van der Waals surface area contributed by atoms with Crippen molar-refractivity contribution in [3.05, 3.63) is 23.4 Å². The van der Waals surface area contributed by atoms with Crippen LogP contribution in [0.3, 0.4) is 0 Å². The highest BCUT2D eigenvalue weighted by atomic mass is 32.1. The molecule has 0 bridgehead atoms. The van der Waals surface area contributed by atoms with Crippen LogP contribution < -0.4 is 10.6 Å². The van der Waals surface area contributed by atoms with E-state index in [-0.39, 0.29) is 11.5 Å². The Kier molecular flexibility index (Phi) is 4.50. The van der Waals surface area contributed by atoms with Crippen LogP contribution in [0.4, 0.5) is 19.0 Å². The van der Waals surface area contributed by atoms with Crippen molar-refractivity contribution in [2.45, 2.75) is 19.5 Å². The Bertz CT molecular complexity index is 446. The summed E-state index contributed by atoms with van der Waals surface area (Å²) in [5.74, 6) is 0.381. The van der Waals surface area contributed by atoms with Gasteiger partial charge in [-0.2, -0.15) is 13.2 Å². The Labute approximate surface area is 109 Å². The quantitative estimate of drug-likeness (QED) is 0.858. The zero-order valence-electron chi connectivity index (χ0n) is 10.1. The molecule has 0 aliphatic carbocycles. The Morgan fingerprint density at radius 3 is 2.56 bits per heavy atom. The number of thiocarbonyl (C=S) groups is 1. The third-order valence-electron chi connectivity index (χ3n) is 2.37. The average molecular weight is 277 g/mol. The fourth-order valence-corrected chi connectivity index (χ4v) is 1.59. The maximum absolute atomic E-state index is 12.2. The number of nitrogens with two attached hydrogens (primary N) is 1. The van der Waals surface area contributed by atoms with Crippen LogP contribution in [-0.2, 0) is 0 Å². The normalized spacial score (nSPS) is 11.4. The van der Waals surface area contributed by atoms with Gasteiger partial charge in [0.2, 0.25) is 0 Å². The van der Waals surface area contributed by atoms with Crippen LogP contribution in [0.25, 0.3) is 0 Å². The molecule has 1 aromatic rings. The lowest BCUT2D eigenvalue weighted by atomic mass is 10.2. The smallest absolute Gasteiger partial charge is 0.389 e. The van der Waals surface area contributed by atoms with E-state index < -0.39 is 12.6 Å². The fourth-order valence-electron chi connectivity index (χ4n) is 1.43. The maximum atomic E-state index is 12.2. The number of rotatable bonds is 4. The topological polar surface area (TPSA) is 42.1 Å². The van der Waals surface area contributed by atoms with E-state index in [1.165, 1.54) is 11.9 Å². The summed E-state index contributed by atoms with van der Waals surface area (Å²) in [6.07, 6.45) is -5.10. The Morgan fingerprint density at radius 1 is 1.44 bits per heavy atom. The molecule has 1 rings (SSSR count). The number of aryl methyl sites for hydroxylation is 1. The summed E-state index contributed by atoms with van der Waals surface area (Å²) in [6.45, 7) is 1.57. The first-order chi connectivity index (χ1) is 8.20. The number of pyridine rings is 1. The highest BCUT2D eigenvalue weighted by Gasteiger charge is 2.27. The van der Waals surface area contributed by atoms with Gasteiger partial charge in [-0.1, -0.05) is 12.2 Å². The molecular weight excluding hydrogens is 263 g/mol. The van der Waals surface area contributed by atoms with Crippen molar-refractivity contribution in [2.75, 3.05) is 18.5 Å². The van der Waals surface area contributed by atoms with Crippen LogP contribution in [0.15, 0.2) is 12.1 Å². The summed E-state index contributed by atoms with van der Waals surface area (Å²) in [4.78, 5) is 5.72. The molecule has 0 aliphatic rings. The Hall–Kier alpha value is -1.37. The molecule has 0 aliphatic heterocycles. The molecule has 2 N–H and O–H groups in total. The first-order valence-corrected chi connectivity index (χ1v) is 5.67. The van der Waals surface area contributed by atoms with E-state index in [9.17, 15) is 13.2 Å². The molecule has 0 saturated carbocycles. The summed E-state index contributed by atoms with van der Waals surface area (Å²) >= 11 is 4.86. The molecule has 18 heavy (non-hydrogen) atoms. The van der Waals surface area contributed by atoms with Crippen LogP contribution >= 0.6 is 12.2 Å². The average Bonchev–Trinajstić information content (AvgIpc) is 2.24. The van der Waals surface area contributed by atoms with E-state index in [4.69, 9.17) is 18.0 Å². The van der Waals surface area contributed by atoms with E-state index in [0.717, 1.165) is 0 Å². The van der Waals surface area contributed by atoms with Crippen molar-refractivity contribution < 1.29 is 13.2 Å². The molecular formula is C11H14F3N3S. The molecule has 0 spiro atoms. The Balaban J connectivity index is 2.93. The summed E-state index contributed by atoms with van der Waals surface area (Å²) in [6, 6.07) is 3.39. The largest absolute Gasteiger partial charge is 0.390 e. The Morgan fingerprint density at radius 2 is 2.06 bits per heavy atom. The summed E-state index contributed by atoms with van der Waals surface area (Å²) < 4.78 is 36.5. The van der Waals surface area contributed by atoms with Crippen molar-refractivity contribution in [3.63, 3.8) is 0 Å². The lowest BCUT2D eigenvalue weighted by Crippen LogP contribution is -2.27. The molecule has 0 amide bonds. The number of halogens is 3. The summed E-state index contributed by atoms with van der Waals surface area (Å²) in [5, 5.41) is 0. The van der Waals surface area contributed by atoms with Crippen molar-refractivity contribution in [1.29, 1.82) is 0 Å². The van der Waals surface area contributed by atoms with Gasteiger partial charge in [-0.15, -0.1) is 0 Å². The van der Waals surface area contributed by atoms with E-state index in [2.05, 4.69) is 4.98 Å². The second-order valence-electron chi connectivity index (χ2n) is 3.97. The molecule has 1 aromatic heterocycles. The predicted molar refractivity (Wildman–Crippen MR) is 68.8 cm³/mol. The van der Waals surface area contributed by atoms with Gasteiger partial charge < -0.3 is 10.6 Å². The van der Waals surface area contributed by atoms with Gasteiger partial charge in [0, 0.05) is 19.3 Å². The number of hydrogen-bond donors (Lipinski definition) is 1. The minimum absolute atomic E-state index is 0.122. The predicted octanol–water partition coefficient (Wildman–Crippen LogP) is 2.41. The number of alkyl halides is 3. The molecule has 0 saturated heterocycles. The lowest BCUT2D eigenvalue weighted by Gasteiger charge is -2.21. The molecule has 0 fully saturated rings. The summed E-state index contributed by atoms with van der Waals surface area (Å²) in [5.41, 5.74) is 6.71. The number of anilines is 1. The second kappa shape index (κ2) is 5.51. The maximum Gasteiger partial charge on any atom is 0.390 e. The van der Waals surface area contributed by atoms with Gasteiger partial charge in [-0.25, -0.2) is 4.98 Å². The van der Waals surface area contributed by atoms with Crippen molar-refractivity contribution in [3.8, 4) is 0 Å². The van der Waals surface area contributed by atoms with Gasteiger partial charge >= 0.3 is 6.18 Å². The highest BCUT2D eigenvalue weighted by molar-refractivity contribution is 7.80. The zero-order chi connectivity index (χ0) is 13.9. The second-order valence-corrected chi connectivity index (χ2v) is 4.41. The van der Waals surface area contributed by atoms with Crippen LogP contribution in [0.5, 0.6) is 0 Å². The molecule has 0 aromatic carbocycles. The van der Waals surface area contributed by atoms with Gasteiger partial charge in [-0.05, 0) is 19.1 Å². The van der Waals surface area contributed by atoms with Crippen molar-refractivity contribution >= 4 is 23.0 Å². The molecule has 0 radical (unpaired) electrons. The zero-order valence-corrected chi connectivity index (χ0v) is 10.9. The van der Waals surface area contributed by atoms with Crippen molar-refractivity contribution in [2.24, 2.45) is 5.73 Å². The lowest BCUT2D eigenvalue weighted by molar-refractivity contribution is -0.132. The SMILES string of the molecule is Cc1ccc(C(N)=S)c(N(C)CCC(F)(F)F)n1. The molecule has 1 heterocycles. The monoisotopic (exact) mass is 277 g/mol. The number of nitrogens with zero attached hydrogens (tertiary/aromatic N) is 2. The highest BCUT2D eigenvalue weighted by Crippen LogP contribution is 2.23. The van der Waals surface area contributed by atoms with Gasteiger partial charge in [-0.3, -0.25) is 0 Å². The molecule has 0 atom stereocenters. The fraction of sp³-hybridized carbons (Fsp3) is 0.455. The van der Waals surface area contributed by atoms with Gasteiger partial charge in [0.1, 0.15) is 10.8 Å². The third kappa shape index (κ3) is 4.14. The number of hydrogen-bond acceptors (Lipinski definition) is 3. The third-order valence-corrected chi connectivity index (χ3v) is 2.59.